The largest absolute Gasteiger partial charge is 0.308 e. The Kier molecular flexibility index (Phi) is 4.67. The van der Waals surface area contributed by atoms with E-state index < -0.39 is 0 Å². The number of nitrogens with zero attached hydrogens (tertiary/aromatic N) is 1. The molecule has 0 amide bonds. The summed E-state index contributed by atoms with van der Waals surface area (Å²) < 4.78 is 0. The first-order valence-electron chi connectivity index (χ1n) is 3.23. The third-order valence-electron chi connectivity index (χ3n) is 1.03. The highest BCUT2D eigenvalue weighted by atomic mass is 15.4. The molecule has 0 radical (unpaired) electrons. The first-order valence-corrected chi connectivity index (χ1v) is 3.23. The van der Waals surface area contributed by atoms with Gasteiger partial charge in [0.05, 0.1) is 0 Å². The van der Waals surface area contributed by atoms with Crippen molar-refractivity contribution in [1.29, 1.82) is 0 Å². The number of nitrogens with one attached hydrogen (secondary N) is 2. The molecule has 0 bridgehead atoms. The molecule has 2 N–H and O–H groups in total. The van der Waals surface area contributed by atoms with Crippen LogP contribution in [0.1, 0.15) is 6.92 Å². The van der Waals surface area contributed by atoms with E-state index in [4.69, 9.17) is 0 Å². The summed E-state index contributed by atoms with van der Waals surface area (Å²) >= 11 is 0. The molecule has 3 nitrogen and oxygen atoms in total. The fourth-order valence-electron chi connectivity index (χ4n) is 0.840. The minimum Gasteiger partial charge on any atom is -0.308 e. The zero-order chi connectivity index (χ0) is 7.28. The molecule has 0 fully saturated rings. The average Bonchev–Trinajstić information content (AvgIpc) is 1.63. The second kappa shape index (κ2) is 4.73. The second-order valence-corrected chi connectivity index (χ2v) is 2.56. The van der Waals surface area contributed by atoms with E-state index in [1.54, 1.807) is 0 Å². The van der Waals surface area contributed by atoms with Crippen molar-refractivity contribution in [3.8, 4) is 0 Å². The Labute approximate surface area is 57.4 Å². The van der Waals surface area contributed by atoms with Gasteiger partial charge in [-0.25, -0.2) is 0 Å². The fraction of sp³-hybridized carbons (Fsp3) is 1.00. The number of rotatable bonds is 4. The first kappa shape index (κ1) is 8.88. The van der Waals surface area contributed by atoms with Gasteiger partial charge in [0, 0.05) is 12.6 Å². The highest BCUT2D eigenvalue weighted by Crippen LogP contribution is 1.80. The van der Waals surface area contributed by atoms with Gasteiger partial charge in [-0.1, -0.05) is 0 Å². The molecule has 0 rings (SSSR count). The smallest absolute Gasteiger partial charge is 0.0311 e. The van der Waals surface area contributed by atoms with Crippen LogP contribution in [0.2, 0.25) is 0 Å². The Hall–Kier alpha value is -0.120. The highest BCUT2D eigenvalue weighted by molar-refractivity contribution is 4.58. The lowest BCUT2D eigenvalue weighted by Gasteiger charge is -2.17. The van der Waals surface area contributed by atoms with Gasteiger partial charge in [0.1, 0.15) is 0 Å². The van der Waals surface area contributed by atoms with Crippen LogP contribution in [0.3, 0.4) is 0 Å². The van der Waals surface area contributed by atoms with E-state index in [0.717, 1.165) is 6.54 Å². The average molecular weight is 131 g/mol. The Morgan fingerprint density at radius 2 is 2.00 bits per heavy atom. The molecule has 0 saturated carbocycles. The normalized spacial score (nSPS) is 14.3. The summed E-state index contributed by atoms with van der Waals surface area (Å²) in [6.07, 6.45) is 0. The van der Waals surface area contributed by atoms with E-state index in [1.807, 2.05) is 7.05 Å². The topological polar surface area (TPSA) is 27.3 Å². The molecule has 0 heterocycles. The van der Waals surface area contributed by atoms with Crippen molar-refractivity contribution in [3.05, 3.63) is 0 Å². The van der Waals surface area contributed by atoms with Gasteiger partial charge in [-0.2, -0.15) is 0 Å². The van der Waals surface area contributed by atoms with Crippen molar-refractivity contribution < 1.29 is 0 Å². The molecule has 56 valence electrons. The molecule has 0 unspecified atom stereocenters. The number of hydrogen-bond acceptors (Lipinski definition) is 3. The van der Waals surface area contributed by atoms with Crippen molar-refractivity contribution in [3.63, 3.8) is 0 Å². The maximum atomic E-state index is 3.09. The molecule has 0 aliphatic carbocycles. The van der Waals surface area contributed by atoms with Crippen molar-refractivity contribution in [2.75, 3.05) is 27.7 Å². The van der Waals surface area contributed by atoms with E-state index >= 15 is 0 Å². The van der Waals surface area contributed by atoms with Crippen molar-refractivity contribution in [1.82, 2.24) is 15.8 Å². The minimum absolute atomic E-state index is 0.505. The lowest BCUT2D eigenvalue weighted by atomic mass is 10.3. The number of hydrazine groups is 1. The van der Waals surface area contributed by atoms with Gasteiger partial charge in [0.2, 0.25) is 0 Å². The van der Waals surface area contributed by atoms with E-state index in [2.05, 4.69) is 36.8 Å². The van der Waals surface area contributed by atoms with Crippen LogP contribution < -0.4 is 10.9 Å². The van der Waals surface area contributed by atoms with E-state index in [-0.39, 0.29) is 0 Å². The van der Waals surface area contributed by atoms with Crippen LogP contribution in [-0.2, 0) is 0 Å². The molecule has 0 aliphatic rings. The number of hydrogen-bond donors (Lipinski definition) is 2. The monoisotopic (exact) mass is 131 g/mol. The molecule has 0 aromatic heterocycles. The number of likely N-dealkylation sites (N-methyl/N-ethyl adjacent to an activating group) is 1. The van der Waals surface area contributed by atoms with E-state index in [0.29, 0.717) is 6.04 Å². The molecule has 0 saturated heterocycles. The van der Waals surface area contributed by atoms with Crippen LogP contribution in [0, 0.1) is 0 Å². The van der Waals surface area contributed by atoms with Gasteiger partial charge < -0.3 is 4.90 Å². The van der Waals surface area contributed by atoms with Gasteiger partial charge >= 0.3 is 0 Å². The Bertz CT molecular complexity index is 63.3. The maximum Gasteiger partial charge on any atom is 0.0311 e. The SMILES string of the molecule is CNN[C@@H](C)CN(C)C. The van der Waals surface area contributed by atoms with E-state index in [9.17, 15) is 0 Å². The molecule has 0 spiro atoms. The summed E-state index contributed by atoms with van der Waals surface area (Å²) in [4.78, 5) is 2.15. The third kappa shape index (κ3) is 5.76. The standard InChI is InChI=1S/C6H17N3/c1-6(8-7-2)5-9(3)4/h6-8H,5H2,1-4H3/t6-/m0/s1. The van der Waals surface area contributed by atoms with Gasteiger partial charge in [0.15, 0.2) is 0 Å². The third-order valence-corrected chi connectivity index (χ3v) is 1.03. The van der Waals surface area contributed by atoms with Crippen molar-refractivity contribution >= 4 is 0 Å². The summed E-state index contributed by atoms with van der Waals surface area (Å²) in [6.45, 7) is 3.19. The van der Waals surface area contributed by atoms with Crippen LogP contribution in [0.5, 0.6) is 0 Å². The fourth-order valence-corrected chi connectivity index (χ4v) is 0.840. The summed E-state index contributed by atoms with van der Waals surface area (Å²) in [5.74, 6) is 0. The highest BCUT2D eigenvalue weighted by Gasteiger charge is 1.98. The summed E-state index contributed by atoms with van der Waals surface area (Å²) in [5.41, 5.74) is 5.98. The lowest BCUT2D eigenvalue weighted by Crippen LogP contribution is -2.42. The molecule has 1 atom stereocenters. The predicted octanol–water partition coefficient (Wildman–Crippen LogP) is -0.339. The van der Waals surface area contributed by atoms with Gasteiger partial charge in [0.25, 0.3) is 0 Å². The lowest BCUT2D eigenvalue weighted by molar-refractivity contribution is 0.335. The Morgan fingerprint density at radius 3 is 2.33 bits per heavy atom. The van der Waals surface area contributed by atoms with Gasteiger partial charge in [-0.05, 0) is 28.1 Å². The Morgan fingerprint density at radius 1 is 1.44 bits per heavy atom. The summed E-state index contributed by atoms with van der Waals surface area (Å²) in [6, 6.07) is 0.505. The summed E-state index contributed by atoms with van der Waals surface area (Å²) in [5, 5.41) is 0. The molecule has 0 aromatic rings. The van der Waals surface area contributed by atoms with Gasteiger partial charge in [-0.15, -0.1) is 0 Å². The quantitative estimate of drug-likeness (QED) is 0.511. The van der Waals surface area contributed by atoms with Crippen molar-refractivity contribution in [2.24, 2.45) is 0 Å². The predicted molar refractivity (Wildman–Crippen MR) is 40.2 cm³/mol. The zero-order valence-corrected chi connectivity index (χ0v) is 6.73. The first-order chi connectivity index (χ1) is 4.16. The van der Waals surface area contributed by atoms with Crippen LogP contribution in [-0.4, -0.2) is 38.6 Å². The van der Waals surface area contributed by atoms with Gasteiger partial charge in [-0.3, -0.25) is 10.9 Å². The minimum atomic E-state index is 0.505. The zero-order valence-electron chi connectivity index (χ0n) is 6.73. The summed E-state index contributed by atoms with van der Waals surface area (Å²) in [7, 11) is 6.01. The van der Waals surface area contributed by atoms with E-state index in [1.165, 1.54) is 0 Å². The van der Waals surface area contributed by atoms with Crippen LogP contribution in [0.15, 0.2) is 0 Å². The second-order valence-electron chi connectivity index (χ2n) is 2.56. The molecule has 9 heavy (non-hydrogen) atoms. The Balaban J connectivity index is 3.15. The van der Waals surface area contributed by atoms with Crippen LogP contribution in [0.4, 0.5) is 0 Å². The van der Waals surface area contributed by atoms with Crippen LogP contribution >= 0.6 is 0 Å². The molecule has 0 aliphatic heterocycles. The maximum absolute atomic E-state index is 3.09. The molecule has 3 heteroatoms. The van der Waals surface area contributed by atoms with Crippen molar-refractivity contribution in [2.45, 2.75) is 13.0 Å². The van der Waals surface area contributed by atoms with Crippen LogP contribution in [0.25, 0.3) is 0 Å². The molecular formula is C6H17N3. The molecule has 0 aromatic carbocycles. The molecular weight excluding hydrogens is 114 g/mol.